The lowest BCUT2D eigenvalue weighted by Gasteiger charge is -2.31. The number of rotatable bonds is 8. The van der Waals surface area contributed by atoms with Crippen molar-refractivity contribution in [1.29, 1.82) is 0 Å². The Bertz CT molecular complexity index is 928. The zero-order chi connectivity index (χ0) is 25.3. The SMILES string of the molecule is O=C(/C=C\C(=O)ON1CCC([S+]([O-])c2ccccc2)CC1)ON1CCC([S+]([O-])c2ccccc2)CC1. The van der Waals surface area contributed by atoms with Gasteiger partial charge in [-0.25, -0.2) is 9.59 Å². The van der Waals surface area contributed by atoms with E-state index in [0.29, 0.717) is 51.9 Å². The van der Waals surface area contributed by atoms with Crippen LogP contribution in [0.5, 0.6) is 0 Å². The van der Waals surface area contributed by atoms with Gasteiger partial charge >= 0.3 is 11.9 Å². The molecular weight excluding hydrogens is 500 g/mol. The van der Waals surface area contributed by atoms with Crippen molar-refractivity contribution in [3.63, 3.8) is 0 Å². The molecule has 8 nitrogen and oxygen atoms in total. The minimum absolute atomic E-state index is 0.0159. The molecule has 0 bridgehead atoms. The largest absolute Gasteiger partial charge is 0.611 e. The summed E-state index contributed by atoms with van der Waals surface area (Å²) in [7, 11) is 0. The molecule has 192 valence electrons. The molecule has 4 rings (SSSR count). The molecule has 0 aromatic heterocycles. The number of carbonyl (C=O) groups excluding carboxylic acids is 2. The third-order valence-electron chi connectivity index (χ3n) is 6.15. The molecule has 2 fully saturated rings. The van der Waals surface area contributed by atoms with Crippen LogP contribution in [0.25, 0.3) is 0 Å². The maximum Gasteiger partial charge on any atom is 0.349 e. The first kappa shape index (κ1) is 26.7. The highest BCUT2D eigenvalue weighted by atomic mass is 32.2. The van der Waals surface area contributed by atoms with Crippen molar-refractivity contribution in [2.45, 2.75) is 46.0 Å². The van der Waals surface area contributed by atoms with E-state index in [0.717, 1.165) is 21.9 Å². The number of carbonyl (C=O) groups is 2. The summed E-state index contributed by atoms with van der Waals surface area (Å²) in [5.41, 5.74) is 0. The van der Waals surface area contributed by atoms with Crippen LogP contribution in [0.1, 0.15) is 25.7 Å². The van der Waals surface area contributed by atoms with E-state index in [-0.39, 0.29) is 10.5 Å². The maximum absolute atomic E-state index is 12.7. The molecule has 2 aromatic carbocycles. The molecule has 2 atom stereocenters. The highest BCUT2D eigenvalue weighted by Gasteiger charge is 2.32. The van der Waals surface area contributed by atoms with Crippen molar-refractivity contribution in [3.8, 4) is 0 Å². The van der Waals surface area contributed by atoms with Crippen LogP contribution in [0.2, 0.25) is 0 Å². The van der Waals surface area contributed by atoms with Crippen LogP contribution in [-0.2, 0) is 41.6 Å². The second-order valence-corrected chi connectivity index (χ2v) is 12.1. The fraction of sp³-hybridized carbons (Fsp3) is 0.385. The van der Waals surface area contributed by atoms with Gasteiger partial charge in [-0.3, -0.25) is 0 Å². The average molecular weight is 531 g/mol. The fourth-order valence-corrected chi connectivity index (χ4v) is 7.12. The lowest BCUT2D eigenvalue weighted by molar-refractivity contribution is -0.190. The van der Waals surface area contributed by atoms with Crippen LogP contribution in [0.3, 0.4) is 0 Å². The number of hydrogen-bond donors (Lipinski definition) is 0. The first-order valence-electron chi connectivity index (χ1n) is 12.0. The number of piperidine rings is 2. The van der Waals surface area contributed by atoms with Gasteiger partial charge in [0, 0.05) is 64.0 Å². The zero-order valence-corrected chi connectivity index (χ0v) is 21.5. The van der Waals surface area contributed by atoms with Crippen LogP contribution >= 0.6 is 0 Å². The topological polar surface area (TPSA) is 105 Å². The van der Waals surface area contributed by atoms with Crippen molar-refractivity contribution in [1.82, 2.24) is 10.1 Å². The van der Waals surface area contributed by atoms with Gasteiger partial charge in [0.05, 0.1) is 0 Å². The Hall–Kier alpha value is -2.34. The van der Waals surface area contributed by atoms with Crippen LogP contribution in [0, 0.1) is 0 Å². The van der Waals surface area contributed by atoms with E-state index < -0.39 is 34.3 Å². The first-order valence-corrected chi connectivity index (χ1v) is 14.5. The van der Waals surface area contributed by atoms with E-state index in [1.54, 1.807) is 0 Å². The van der Waals surface area contributed by atoms with E-state index in [2.05, 4.69) is 0 Å². The molecule has 2 saturated heterocycles. The standard InChI is InChI=1S/C26H30N2O6S2/c29-25(33-27-17-13-23(14-18-27)35(31)21-7-3-1-4-8-21)11-12-26(30)34-28-19-15-24(16-20-28)36(32)22-9-5-2-6-10-22/h1-12,23-24H,13-20H2/b12-11-. The van der Waals surface area contributed by atoms with Crippen molar-refractivity contribution >= 4 is 34.3 Å². The van der Waals surface area contributed by atoms with E-state index in [1.807, 2.05) is 60.7 Å². The van der Waals surface area contributed by atoms with Crippen molar-refractivity contribution < 1.29 is 28.4 Å². The van der Waals surface area contributed by atoms with Gasteiger partial charge in [-0.2, -0.15) is 0 Å². The minimum Gasteiger partial charge on any atom is -0.611 e. The Balaban J connectivity index is 1.14. The molecule has 2 unspecified atom stereocenters. The fourth-order valence-electron chi connectivity index (χ4n) is 4.22. The van der Waals surface area contributed by atoms with Crippen LogP contribution in [0.15, 0.2) is 82.6 Å². The Morgan fingerprint density at radius 2 is 1.00 bits per heavy atom. The third-order valence-corrected chi connectivity index (χ3v) is 9.78. The van der Waals surface area contributed by atoms with Gasteiger partial charge in [-0.05, 0) is 46.6 Å². The molecule has 0 amide bonds. The van der Waals surface area contributed by atoms with Gasteiger partial charge in [0.15, 0.2) is 9.79 Å². The summed E-state index contributed by atoms with van der Waals surface area (Å²) in [6, 6.07) is 18.7. The van der Waals surface area contributed by atoms with E-state index in [4.69, 9.17) is 9.68 Å². The molecule has 0 spiro atoms. The first-order chi connectivity index (χ1) is 17.5. The lowest BCUT2D eigenvalue weighted by atomic mass is 10.1. The predicted octanol–water partition coefficient (Wildman–Crippen LogP) is 3.00. The smallest absolute Gasteiger partial charge is 0.349 e. The van der Waals surface area contributed by atoms with E-state index in [1.165, 1.54) is 10.1 Å². The van der Waals surface area contributed by atoms with E-state index >= 15 is 0 Å². The molecule has 2 aromatic rings. The monoisotopic (exact) mass is 530 g/mol. The van der Waals surface area contributed by atoms with Crippen molar-refractivity contribution in [2.75, 3.05) is 26.2 Å². The molecule has 0 aliphatic carbocycles. The summed E-state index contributed by atoms with van der Waals surface area (Å²) in [6.07, 6.45) is 4.68. The summed E-state index contributed by atoms with van der Waals surface area (Å²) in [4.78, 5) is 36.5. The highest BCUT2D eigenvalue weighted by molar-refractivity contribution is 7.92. The second-order valence-electron chi connectivity index (χ2n) is 8.63. The number of hydrogen-bond acceptors (Lipinski definition) is 8. The molecule has 36 heavy (non-hydrogen) atoms. The number of hydroxylamine groups is 4. The van der Waals surface area contributed by atoms with Gasteiger partial charge in [-0.1, -0.05) is 36.4 Å². The Morgan fingerprint density at radius 1 is 0.667 bits per heavy atom. The molecule has 2 heterocycles. The van der Waals surface area contributed by atoms with Gasteiger partial charge in [0.1, 0.15) is 10.5 Å². The van der Waals surface area contributed by atoms with E-state index in [9.17, 15) is 18.7 Å². The Kier molecular flexibility index (Phi) is 9.85. The molecule has 0 N–H and O–H groups in total. The van der Waals surface area contributed by atoms with Gasteiger partial charge < -0.3 is 18.8 Å². The van der Waals surface area contributed by atoms with Crippen LogP contribution in [0.4, 0.5) is 0 Å². The highest BCUT2D eigenvalue weighted by Crippen LogP contribution is 2.25. The predicted molar refractivity (Wildman–Crippen MR) is 136 cm³/mol. The quantitative estimate of drug-likeness (QED) is 0.379. The van der Waals surface area contributed by atoms with Crippen LogP contribution in [-0.4, -0.2) is 67.8 Å². The van der Waals surface area contributed by atoms with Gasteiger partial charge in [0.25, 0.3) is 0 Å². The Morgan fingerprint density at radius 3 is 1.33 bits per heavy atom. The second kappa shape index (κ2) is 13.3. The molecule has 2 aliphatic heterocycles. The molecule has 0 radical (unpaired) electrons. The normalized spacial score (nSPS) is 20.2. The minimum atomic E-state index is -1.09. The van der Waals surface area contributed by atoms with Crippen molar-refractivity contribution in [2.24, 2.45) is 0 Å². The third kappa shape index (κ3) is 7.58. The lowest BCUT2D eigenvalue weighted by Crippen LogP contribution is -2.40. The number of nitrogens with zero attached hydrogens (tertiary/aromatic N) is 2. The molecule has 2 aliphatic rings. The summed E-state index contributed by atoms with van der Waals surface area (Å²) >= 11 is -2.18. The summed E-state index contributed by atoms with van der Waals surface area (Å²) in [5, 5.41) is 3.10. The molecule has 0 saturated carbocycles. The van der Waals surface area contributed by atoms with Crippen molar-refractivity contribution in [3.05, 3.63) is 72.8 Å². The summed E-state index contributed by atoms with van der Waals surface area (Å²) < 4.78 is 25.4. The average Bonchev–Trinajstić information content (AvgIpc) is 2.93. The Labute approximate surface area is 217 Å². The zero-order valence-electron chi connectivity index (χ0n) is 19.9. The van der Waals surface area contributed by atoms with Gasteiger partial charge in [-0.15, -0.1) is 10.1 Å². The summed E-state index contributed by atoms with van der Waals surface area (Å²) in [5.74, 6) is -1.32. The van der Waals surface area contributed by atoms with Crippen LogP contribution < -0.4 is 0 Å². The maximum atomic E-state index is 12.7. The summed E-state index contributed by atoms with van der Waals surface area (Å²) in [6.45, 7) is 1.91. The van der Waals surface area contributed by atoms with Gasteiger partial charge in [0.2, 0.25) is 0 Å². The molecular formula is C26H30N2O6S2. The molecule has 10 heteroatoms. The number of benzene rings is 2.